The van der Waals surface area contributed by atoms with Crippen LogP contribution in [0.5, 0.6) is 0 Å². The summed E-state index contributed by atoms with van der Waals surface area (Å²) in [6, 6.07) is 1.27. The third-order valence-corrected chi connectivity index (χ3v) is 9.18. The van der Waals surface area contributed by atoms with E-state index in [0.717, 1.165) is 37.8 Å². The second-order valence-electron chi connectivity index (χ2n) is 12.3. The molecule has 0 spiro atoms. The molecule has 4 heterocycles. The average molecular weight is 714 g/mol. The molecule has 1 aliphatic rings. The molecule has 0 bridgehead atoms. The number of nitrogens with zero attached hydrogens (tertiary/aromatic N) is 6. The van der Waals surface area contributed by atoms with E-state index in [1.165, 1.54) is 22.2 Å². The highest BCUT2D eigenvalue weighted by Crippen LogP contribution is 2.34. The Kier molecular flexibility index (Phi) is 12.4. The van der Waals surface area contributed by atoms with E-state index in [0.29, 0.717) is 30.1 Å². The average Bonchev–Trinajstić information content (AvgIpc) is 3.87. The number of hydrogen-bond acceptors (Lipinski definition) is 11. The summed E-state index contributed by atoms with van der Waals surface area (Å²) < 4.78 is 43.1. The third kappa shape index (κ3) is 9.34. The number of esters is 1. The molecule has 5 rings (SSSR count). The molecule has 2 amide bonds. The summed E-state index contributed by atoms with van der Waals surface area (Å²) in [5.41, 5.74) is 6.36. The highest BCUT2D eigenvalue weighted by atomic mass is 32.1. The van der Waals surface area contributed by atoms with Gasteiger partial charge < -0.3 is 25.8 Å². The number of nitrogens with one attached hydrogen (secondary N) is 2. The van der Waals surface area contributed by atoms with Gasteiger partial charge in [0, 0.05) is 42.9 Å². The fraction of sp³-hybridized carbons (Fsp3) is 0.485. The first-order chi connectivity index (χ1) is 24.0. The van der Waals surface area contributed by atoms with Gasteiger partial charge in [-0.3, -0.25) is 19.1 Å². The molecule has 4 N–H and O–H groups in total. The van der Waals surface area contributed by atoms with E-state index >= 15 is 0 Å². The van der Waals surface area contributed by atoms with E-state index in [-0.39, 0.29) is 59.9 Å². The Labute approximate surface area is 291 Å². The summed E-state index contributed by atoms with van der Waals surface area (Å²) in [5, 5.41) is 16.3. The van der Waals surface area contributed by atoms with Gasteiger partial charge in [-0.1, -0.05) is 13.8 Å². The zero-order chi connectivity index (χ0) is 35.8. The summed E-state index contributed by atoms with van der Waals surface area (Å²) >= 11 is 1.20. The molecule has 0 saturated heterocycles. The molecular weight excluding hydrogens is 672 g/mol. The molecule has 1 fully saturated rings. The molecule has 17 heteroatoms. The van der Waals surface area contributed by atoms with Gasteiger partial charge in [-0.2, -0.15) is 14.6 Å². The van der Waals surface area contributed by atoms with Crippen molar-refractivity contribution >= 4 is 34.8 Å². The van der Waals surface area contributed by atoms with E-state index in [4.69, 9.17) is 15.2 Å². The molecule has 268 valence electrons. The Bertz CT molecular complexity index is 1780. The SMILES string of the molecule is CCO[C@H]1CC[C@H](n2cc(NC(=O)c3csc(-c4cnn(COC(=O)CCCNC(=O)[C@@H](N)C(C)C)c4)n3)c(-c3nc(F)ccc3F)n2)CC1. The normalized spacial score (nSPS) is 16.7. The highest BCUT2D eigenvalue weighted by molar-refractivity contribution is 7.13. The van der Waals surface area contributed by atoms with E-state index in [2.05, 4.69) is 30.8 Å². The molecule has 1 aliphatic carbocycles. The van der Waals surface area contributed by atoms with E-state index in [1.54, 1.807) is 22.5 Å². The largest absolute Gasteiger partial charge is 0.442 e. The molecule has 14 nitrogen and oxygen atoms in total. The lowest BCUT2D eigenvalue weighted by molar-refractivity contribution is -0.148. The van der Waals surface area contributed by atoms with Gasteiger partial charge in [0.15, 0.2) is 12.5 Å². The number of amides is 2. The predicted molar refractivity (Wildman–Crippen MR) is 181 cm³/mol. The Morgan fingerprint density at radius 3 is 2.62 bits per heavy atom. The van der Waals surface area contributed by atoms with Crippen LogP contribution >= 0.6 is 11.3 Å². The van der Waals surface area contributed by atoms with Crippen LogP contribution in [-0.2, 0) is 25.8 Å². The molecule has 0 aliphatic heterocycles. The van der Waals surface area contributed by atoms with Gasteiger partial charge in [0.2, 0.25) is 11.9 Å². The van der Waals surface area contributed by atoms with Gasteiger partial charge >= 0.3 is 5.97 Å². The number of aromatic nitrogens is 6. The quantitative estimate of drug-likeness (QED) is 0.0888. The number of halogens is 2. The molecule has 4 aromatic rings. The Balaban J connectivity index is 1.19. The molecule has 1 saturated carbocycles. The maximum Gasteiger partial charge on any atom is 0.307 e. The van der Waals surface area contributed by atoms with Crippen molar-refractivity contribution in [1.29, 1.82) is 0 Å². The third-order valence-electron chi connectivity index (χ3n) is 8.29. The van der Waals surface area contributed by atoms with Crippen LogP contribution < -0.4 is 16.4 Å². The molecule has 50 heavy (non-hydrogen) atoms. The summed E-state index contributed by atoms with van der Waals surface area (Å²) in [4.78, 5) is 45.6. The molecular formula is C33H41F2N9O5S. The zero-order valence-electron chi connectivity index (χ0n) is 28.1. The van der Waals surface area contributed by atoms with E-state index < -0.39 is 29.7 Å². The number of thiazole rings is 1. The Hall–Kier alpha value is -4.61. The number of carbonyl (C=O) groups is 3. The van der Waals surface area contributed by atoms with Crippen molar-refractivity contribution in [3.05, 3.63) is 53.6 Å². The summed E-state index contributed by atoms with van der Waals surface area (Å²) in [6.07, 6.45) is 8.65. The summed E-state index contributed by atoms with van der Waals surface area (Å²) in [6.45, 7) is 6.48. The van der Waals surface area contributed by atoms with Crippen molar-refractivity contribution in [3.8, 4) is 22.0 Å². The number of rotatable bonds is 15. The van der Waals surface area contributed by atoms with Crippen molar-refractivity contribution in [2.75, 3.05) is 18.5 Å². The van der Waals surface area contributed by atoms with Crippen molar-refractivity contribution in [2.45, 2.75) is 84.2 Å². The second-order valence-corrected chi connectivity index (χ2v) is 13.2. The first-order valence-corrected chi connectivity index (χ1v) is 17.4. The van der Waals surface area contributed by atoms with E-state index in [1.807, 2.05) is 20.8 Å². The maximum atomic E-state index is 14.8. The van der Waals surface area contributed by atoms with Crippen LogP contribution in [0.3, 0.4) is 0 Å². The van der Waals surface area contributed by atoms with E-state index in [9.17, 15) is 23.2 Å². The minimum Gasteiger partial charge on any atom is -0.442 e. The Morgan fingerprint density at radius 1 is 1.10 bits per heavy atom. The second kappa shape index (κ2) is 16.9. The number of carbonyl (C=O) groups excluding carboxylic acids is 3. The van der Waals surface area contributed by atoms with Crippen LogP contribution in [0.4, 0.5) is 14.5 Å². The smallest absolute Gasteiger partial charge is 0.307 e. The molecule has 0 radical (unpaired) electrons. The Morgan fingerprint density at radius 2 is 1.88 bits per heavy atom. The maximum absolute atomic E-state index is 14.8. The number of pyridine rings is 1. The number of anilines is 1. The highest BCUT2D eigenvalue weighted by Gasteiger charge is 2.27. The minimum atomic E-state index is -0.877. The summed E-state index contributed by atoms with van der Waals surface area (Å²) in [7, 11) is 0. The molecule has 4 aromatic heterocycles. The van der Waals surface area contributed by atoms with Crippen molar-refractivity contribution in [3.63, 3.8) is 0 Å². The number of ether oxygens (including phenoxy) is 2. The van der Waals surface area contributed by atoms with Gasteiger partial charge in [0.25, 0.3) is 5.91 Å². The number of hydrogen-bond donors (Lipinski definition) is 3. The van der Waals surface area contributed by atoms with Gasteiger partial charge in [0.05, 0.1) is 30.1 Å². The fourth-order valence-corrected chi connectivity index (χ4v) is 6.23. The number of nitrogens with two attached hydrogens (primary N) is 1. The molecule has 0 aromatic carbocycles. The topological polar surface area (TPSA) is 181 Å². The predicted octanol–water partition coefficient (Wildman–Crippen LogP) is 4.70. The van der Waals surface area contributed by atoms with Crippen LogP contribution in [0.15, 0.2) is 36.1 Å². The lowest BCUT2D eigenvalue weighted by Gasteiger charge is -2.28. The van der Waals surface area contributed by atoms with Crippen LogP contribution in [0.2, 0.25) is 0 Å². The standard InChI is InChI=1S/C33H41F2N9O5S/c1-4-48-22-9-7-21(8-10-22)44-16-24(30(42-44)29-23(34)11-12-26(35)41-29)39-31(46)25-17-50-33(40-25)20-14-38-43(15-20)18-49-27(45)6-5-13-37-32(47)28(36)19(2)3/h11-12,14-17,19,21-22,28H,4-10,13,18,36H2,1-3H3,(H,37,47)(H,39,46)/t21-,22-,28-/m0/s1. The van der Waals surface area contributed by atoms with Crippen LogP contribution in [0.1, 0.15) is 75.8 Å². The summed E-state index contributed by atoms with van der Waals surface area (Å²) in [5.74, 6) is -2.93. The molecule has 0 unspecified atom stereocenters. The monoisotopic (exact) mass is 713 g/mol. The fourth-order valence-electron chi connectivity index (χ4n) is 5.46. The van der Waals surface area contributed by atoms with Crippen LogP contribution in [-0.4, -0.2) is 72.6 Å². The van der Waals surface area contributed by atoms with Crippen molar-refractivity contribution in [1.82, 2.24) is 34.8 Å². The molecule has 1 atom stereocenters. The first-order valence-electron chi connectivity index (χ1n) is 16.5. The van der Waals surface area contributed by atoms with Crippen molar-refractivity contribution < 1.29 is 32.6 Å². The van der Waals surface area contributed by atoms with Crippen LogP contribution in [0.25, 0.3) is 22.0 Å². The van der Waals surface area contributed by atoms with Crippen molar-refractivity contribution in [2.24, 2.45) is 11.7 Å². The lowest BCUT2D eigenvalue weighted by atomic mass is 9.93. The van der Waals surface area contributed by atoms with Crippen LogP contribution in [0, 0.1) is 17.7 Å². The first kappa shape index (κ1) is 36.7. The minimum absolute atomic E-state index is 0.00800. The van der Waals surface area contributed by atoms with Gasteiger partial charge in [-0.15, -0.1) is 11.3 Å². The van der Waals surface area contributed by atoms with Gasteiger partial charge in [-0.05, 0) is 57.1 Å². The lowest BCUT2D eigenvalue weighted by Crippen LogP contribution is -2.44. The van der Waals surface area contributed by atoms with Gasteiger partial charge in [-0.25, -0.2) is 19.0 Å². The van der Waals surface area contributed by atoms with Gasteiger partial charge in [0.1, 0.15) is 22.1 Å². The zero-order valence-corrected chi connectivity index (χ0v) is 28.9.